The lowest BCUT2D eigenvalue weighted by atomic mass is 9.82. The van der Waals surface area contributed by atoms with Crippen LogP contribution in [0, 0.1) is 30.6 Å². The Labute approximate surface area is 184 Å². The number of carbonyl (C=O) groups is 3. The first kappa shape index (κ1) is 21.3. The molecule has 1 aromatic carbocycles. The highest BCUT2D eigenvalue weighted by molar-refractivity contribution is 7.17. The average Bonchev–Trinajstić information content (AvgIpc) is 3.46. The fraction of sp³-hybridized carbons (Fsp3) is 0.375. The van der Waals surface area contributed by atoms with Crippen molar-refractivity contribution in [1.29, 1.82) is 0 Å². The Hall–Kier alpha value is -2.93. The smallest absolute Gasteiger partial charge is 0.341 e. The van der Waals surface area contributed by atoms with E-state index < -0.39 is 23.8 Å². The largest absolute Gasteiger partial charge is 0.481 e. The van der Waals surface area contributed by atoms with Crippen LogP contribution in [0.2, 0.25) is 0 Å². The summed E-state index contributed by atoms with van der Waals surface area (Å²) in [4.78, 5) is 38.5. The van der Waals surface area contributed by atoms with Crippen molar-refractivity contribution in [1.82, 2.24) is 0 Å². The van der Waals surface area contributed by atoms with Crippen LogP contribution in [-0.4, -0.2) is 30.1 Å². The van der Waals surface area contributed by atoms with E-state index in [-0.39, 0.29) is 17.7 Å². The molecule has 2 N–H and O–H groups in total. The Kier molecular flexibility index (Phi) is 5.71. The van der Waals surface area contributed by atoms with Crippen LogP contribution < -0.4 is 5.32 Å². The molecule has 1 aromatic heterocycles. The number of rotatable bonds is 6. The Balaban J connectivity index is 1.70. The van der Waals surface area contributed by atoms with Crippen molar-refractivity contribution in [2.45, 2.75) is 26.7 Å². The molecule has 2 aliphatic rings. The number of carboxylic acids is 1. The van der Waals surface area contributed by atoms with E-state index >= 15 is 0 Å². The van der Waals surface area contributed by atoms with Crippen LogP contribution in [0.5, 0.6) is 0 Å². The normalized spacial score (nSPS) is 23.7. The lowest BCUT2D eigenvalue weighted by Crippen LogP contribution is -2.36. The van der Waals surface area contributed by atoms with E-state index in [9.17, 15) is 19.5 Å². The minimum atomic E-state index is -0.954. The number of carboxylic acid groups (broad SMARTS) is 1. The number of hydrogen-bond donors (Lipinski definition) is 2. The summed E-state index contributed by atoms with van der Waals surface area (Å²) in [6, 6.07) is 7.97. The number of allylic oxidation sites excluding steroid dienone is 2. The topological polar surface area (TPSA) is 92.7 Å². The second-order valence-electron chi connectivity index (χ2n) is 8.11. The second-order valence-corrected chi connectivity index (χ2v) is 9.33. The van der Waals surface area contributed by atoms with Gasteiger partial charge < -0.3 is 15.2 Å². The van der Waals surface area contributed by atoms with Crippen molar-refractivity contribution in [3.05, 3.63) is 52.4 Å². The predicted octanol–water partition coefficient (Wildman–Crippen LogP) is 4.53. The molecular weight excluding hydrogens is 414 g/mol. The van der Waals surface area contributed by atoms with Gasteiger partial charge in [-0.2, -0.15) is 0 Å². The molecule has 1 fully saturated rings. The monoisotopic (exact) mass is 439 g/mol. The van der Waals surface area contributed by atoms with Crippen LogP contribution in [0.15, 0.2) is 36.4 Å². The molecule has 2 bridgehead atoms. The summed E-state index contributed by atoms with van der Waals surface area (Å²) in [5.41, 5.74) is 3.11. The maximum Gasteiger partial charge on any atom is 0.341 e. The van der Waals surface area contributed by atoms with Gasteiger partial charge in [0, 0.05) is 10.4 Å². The fourth-order valence-corrected chi connectivity index (χ4v) is 5.96. The van der Waals surface area contributed by atoms with E-state index in [1.54, 1.807) is 0 Å². The number of hydrogen-bond acceptors (Lipinski definition) is 5. The zero-order chi connectivity index (χ0) is 22.3. The van der Waals surface area contributed by atoms with E-state index in [2.05, 4.69) is 12.2 Å². The van der Waals surface area contributed by atoms with Gasteiger partial charge in [0.2, 0.25) is 5.91 Å². The number of benzene rings is 1. The van der Waals surface area contributed by atoms with Gasteiger partial charge in [-0.3, -0.25) is 9.59 Å². The number of methoxy groups -OCH3 is 1. The quantitative estimate of drug-likeness (QED) is 0.509. The summed E-state index contributed by atoms with van der Waals surface area (Å²) >= 11 is 1.31. The molecule has 1 saturated carbocycles. The van der Waals surface area contributed by atoms with Gasteiger partial charge in [0.05, 0.1) is 18.9 Å². The highest BCUT2D eigenvalue weighted by Gasteiger charge is 2.51. The maximum absolute atomic E-state index is 13.2. The van der Waals surface area contributed by atoms with E-state index in [0.717, 1.165) is 22.4 Å². The first-order valence-electron chi connectivity index (χ1n) is 10.4. The van der Waals surface area contributed by atoms with E-state index in [4.69, 9.17) is 4.74 Å². The van der Waals surface area contributed by atoms with E-state index in [1.807, 2.05) is 43.3 Å². The average molecular weight is 440 g/mol. The van der Waals surface area contributed by atoms with Crippen molar-refractivity contribution in [3.8, 4) is 11.1 Å². The van der Waals surface area contributed by atoms with Crippen molar-refractivity contribution >= 4 is 34.2 Å². The zero-order valence-corrected chi connectivity index (χ0v) is 18.5. The van der Waals surface area contributed by atoms with Crippen molar-refractivity contribution in [3.63, 3.8) is 0 Å². The van der Waals surface area contributed by atoms with Crippen LogP contribution in [0.1, 0.15) is 34.1 Å². The van der Waals surface area contributed by atoms with Crippen LogP contribution >= 0.6 is 11.3 Å². The number of aryl methyl sites for hydroxylation is 2. The molecular formula is C24H25NO5S. The van der Waals surface area contributed by atoms with Crippen LogP contribution in [-0.2, 0) is 20.7 Å². The van der Waals surface area contributed by atoms with E-state index in [1.165, 1.54) is 24.0 Å². The Morgan fingerprint density at radius 2 is 1.77 bits per heavy atom. The first-order valence-corrected chi connectivity index (χ1v) is 11.2. The molecule has 162 valence electrons. The number of carbonyl (C=O) groups excluding carboxylic acids is 2. The summed E-state index contributed by atoms with van der Waals surface area (Å²) in [5, 5.41) is 12.9. The number of esters is 1. The van der Waals surface area contributed by atoms with Gasteiger partial charge in [0.25, 0.3) is 0 Å². The van der Waals surface area contributed by atoms with Gasteiger partial charge in [0.1, 0.15) is 10.6 Å². The molecule has 31 heavy (non-hydrogen) atoms. The summed E-state index contributed by atoms with van der Waals surface area (Å²) < 4.78 is 5.02. The Morgan fingerprint density at radius 1 is 1.13 bits per heavy atom. The highest BCUT2D eigenvalue weighted by Crippen LogP contribution is 2.49. The minimum Gasteiger partial charge on any atom is -0.481 e. The number of thiophene rings is 1. The molecule has 1 heterocycles. The van der Waals surface area contributed by atoms with Gasteiger partial charge in [-0.1, -0.05) is 43.3 Å². The van der Waals surface area contributed by atoms with Gasteiger partial charge in [-0.05, 0) is 42.7 Å². The lowest BCUT2D eigenvalue weighted by Gasteiger charge is -2.23. The summed E-state index contributed by atoms with van der Waals surface area (Å²) in [7, 11) is 1.31. The van der Waals surface area contributed by atoms with Gasteiger partial charge in [-0.15, -0.1) is 11.3 Å². The van der Waals surface area contributed by atoms with E-state index in [0.29, 0.717) is 17.0 Å². The molecule has 0 unspecified atom stereocenters. The summed E-state index contributed by atoms with van der Waals surface area (Å²) in [5.74, 6) is -3.43. The Bertz CT molecular complexity index is 1070. The first-order chi connectivity index (χ1) is 14.8. The Morgan fingerprint density at radius 3 is 2.35 bits per heavy atom. The van der Waals surface area contributed by atoms with Crippen LogP contribution in [0.3, 0.4) is 0 Å². The number of amides is 1. The molecule has 0 spiro atoms. The fourth-order valence-electron chi connectivity index (χ4n) is 4.90. The number of anilines is 1. The standard InChI is InChI=1S/C24H25NO5S/c1-4-13-5-7-14(8-6-13)17-12(2)31-22(20(17)24(29)30-3)25-21(26)18-15-9-10-16(11-15)19(18)23(27)28/h5-10,15-16,18-19H,4,11H2,1-3H3,(H,25,26)(H,27,28)/t15-,16-,18-,19+/m0/s1. The van der Waals surface area contributed by atoms with Gasteiger partial charge in [-0.25, -0.2) is 4.79 Å². The molecule has 0 saturated heterocycles. The molecule has 0 aliphatic heterocycles. The molecule has 6 nitrogen and oxygen atoms in total. The predicted molar refractivity (Wildman–Crippen MR) is 119 cm³/mol. The van der Waals surface area contributed by atoms with Gasteiger partial charge in [0.15, 0.2) is 0 Å². The molecule has 7 heteroatoms. The maximum atomic E-state index is 13.2. The van der Waals surface area contributed by atoms with Crippen LogP contribution in [0.4, 0.5) is 5.00 Å². The van der Waals surface area contributed by atoms with Crippen molar-refractivity contribution in [2.24, 2.45) is 23.7 Å². The summed E-state index contributed by atoms with van der Waals surface area (Å²) in [6.07, 6.45) is 5.44. The minimum absolute atomic E-state index is 0.0882. The molecule has 4 rings (SSSR count). The third-order valence-corrected chi connectivity index (χ3v) is 7.43. The third kappa shape index (κ3) is 3.67. The number of fused-ring (bicyclic) bond motifs is 2. The van der Waals surface area contributed by atoms with Crippen molar-refractivity contribution in [2.75, 3.05) is 12.4 Å². The second kappa shape index (κ2) is 8.30. The molecule has 4 atom stereocenters. The number of aliphatic carboxylic acids is 1. The molecule has 1 amide bonds. The number of ether oxygens (including phenoxy) is 1. The third-order valence-electron chi connectivity index (χ3n) is 6.41. The molecule has 2 aromatic rings. The highest BCUT2D eigenvalue weighted by atomic mass is 32.1. The zero-order valence-electron chi connectivity index (χ0n) is 17.7. The molecule has 0 radical (unpaired) electrons. The number of nitrogens with one attached hydrogen (secondary N) is 1. The molecule has 2 aliphatic carbocycles. The SMILES string of the molecule is CCc1ccc(-c2c(C)sc(NC(=O)[C@@H]3[C@H](C(=O)O)[C@H]4C=C[C@H]3C4)c2C(=O)OC)cc1. The van der Waals surface area contributed by atoms with Crippen LogP contribution in [0.25, 0.3) is 11.1 Å². The lowest BCUT2D eigenvalue weighted by molar-refractivity contribution is -0.146. The van der Waals surface area contributed by atoms with Crippen molar-refractivity contribution < 1.29 is 24.2 Å². The van der Waals surface area contributed by atoms with Gasteiger partial charge >= 0.3 is 11.9 Å². The summed E-state index contributed by atoms with van der Waals surface area (Å²) in [6.45, 7) is 3.98.